The Morgan fingerprint density at radius 1 is 0.913 bits per heavy atom. The molecule has 4 heteroatoms. The topological polar surface area (TPSA) is 29.0 Å². The summed E-state index contributed by atoms with van der Waals surface area (Å²) in [4.78, 5) is 12.3. The molecule has 1 aliphatic carbocycles. The molecular weight excluding hydrogens is 306 g/mol. The van der Waals surface area contributed by atoms with Crippen LogP contribution >= 0.6 is 11.6 Å². The van der Waals surface area contributed by atoms with Crippen molar-refractivity contribution in [2.24, 2.45) is 0 Å². The van der Waals surface area contributed by atoms with E-state index in [1.165, 1.54) is 49.2 Å². The molecule has 23 heavy (non-hydrogen) atoms. The fourth-order valence-corrected chi connectivity index (χ4v) is 3.90. The van der Waals surface area contributed by atoms with Crippen molar-refractivity contribution in [3.8, 4) is 11.4 Å². The maximum atomic E-state index is 6.16. The van der Waals surface area contributed by atoms with Gasteiger partial charge in [-0.2, -0.15) is 0 Å². The predicted octanol–water partition coefficient (Wildman–Crippen LogP) is 4.67. The third-order valence-electron chi connectivity index (χ3n) is 4.90. The summed E-state index contributed by atoms with van der Waals surface area (Å²) >= 11 is 6.16. The second-order valence-corrected chi connectivity index (χ2v) is 7.00. The quantitative estimate of drug-likeness (QED) is 0.803. The predicted molar refractivity (Wildman–Crippen MR) is 95.2 cm³/mol. The highest BCUT2D eigenvalue weighted by atomic mass is 35.5. The van der Waals surface area contributed by atoms with Gasteiger partial charge in [0.2, 0.25) is 0 Å². The van der Waals surface area contributed by atoms with Gasteiger partial charge in [-0.25, -0.2) is 9.97 Å². The smallest absolute Gasteiger partial charge is 0.161 e. The Morgan fingerprint density at radius 3 is 2.52 bits per heavy atom. The molecule has 2 aliphatic rings. The molecule has 1 aromatic carbocycles. The van der Waals surface area contributed by atoms with Crippen LogP contribution in [0.25, 0.3) is 11.4 Å². The highest BCUT2D eigenvalue weighted by Gasteiger charge is 2.24. The maximum absolute atomic E-state index is 6.16. The van der Waals surface area contributed by atoms with Crippen molar-refractivity contribution in [3.05, 3.63) is 40.5 Å². The fraction of sp³-hybridized carbons (Fsp3) is 0.474. The van der Waals surface area contributed by atoms with Crippen molar-refractivity contribution in [1.29, 1.82) is 0 Å². The van der Waals surface area contributed by atoms with Gasteiger partial charge in [-0.05, 0) is 44.2 Å². The maximum Gasteiger partial charge on any atom is 0.161 e. The van der Waals surface area contributed by atoms with Crippen LogP contribution in [0.2, 0.25) is 5.02 Å². The minimum atomic E-state index is 0.739. The molecule has 2 heterocycles. The van der Waals surface area contributed by atoms with Crippen molar-refractivity contribution in [1.82, 2.24) is 9.97 Å². The lowest BCUT2D eigenvalue weighted by Crippen LogP contribution is -2.26. The Balaban J connectivity index is 1.78. The zero-order valence-electron chi connectivity index (χ0n) is 13.4. The highest BCUT2D eigenvalue weighted by Crippen LogP contribution is 2.32. The monoisotopic (exact) mass is 327 g/mol. The summed E-state index contributed by atoms with van der Waals surface area (Å²) in [5.41, 5.74) is 3.65. The summed E-state index contributed by atoms with van der Waals surface area (Å²) in [5, 5.41) is 0.739. The van der Waals surface area contributed by atoms with Crippen LogP contribution in [-0.4, -0.2) is 23.1 Å². The molecule has 0 amide bonds. The van der Waals surface area contributed by atoms with E-state index in [2.05, 4.69) is 11.0 Å². The van der Waals surface area contributed by atoms with Crippen molar-refractivity contribution < 1.29 is 0 Å². The van der Waals surface area contributed by atoms with E-state index >= 15 is 0 Å². The van der Waals surface area contributed by atoms with Gasteiger partial charge >= 0.3 is 0 Å². The molecule has 3 nitrogen and oxygen atoms in total. The largest absolute Gasteiger partial charge is 0.356 e. The standard InChI is InChI=1S/C19H22ClN3/c20-15-8-5-7-14(13-15)18-21-17-10-6-9-16(17)19(22-18)23-11-3-1-2-4-12-23/h5,7-8,13H,1-4,6,9-12H2. The van der Waals surface area contributed by atoms with Crippen molar-refractivity contribution in [3.63, 3.8) is 0 Å². The molecule has 0 radical (unpaired) electrons. The van der Waals surface area contributed by atoms with Crippen molar-refractivity contribution in [2.75, 3.05) is 18.0 Å². The number of aryl methyl sites for hydroxylation is 1. The minimum absolute atomic E-state index is 0.739. The minimum Gasteiger partial charge on any atom is -0.356 e. The zero-order valence-corrected chi connectivity index (χ0v) is 14.1. The normalized spacial score (nSPS) is 17.9. The molecule has 120 valence electrons. The third kappa shape index (κ3) is 3.07. The highest BCUT2D eigenvalue weighted by molar-refractivity contribution is 6.30. The van der Waals surface area contributed by atoms with E-state index in [1.54, 1.807) is 0 Å². The van der Waals surface area contributed by atoms with Gasteiger partial charge in [-0.1, -0.05) is 36.6 Å². The van der Waals surface area contributed by atoms with Crippen molar-refractivity contribution >= 4 is 17.4 Å². The number of benzene rings is 1. The van der Waals surface area contributed by atoms with E-state index in [1.807, 2.05) is 18.2 Å². The Bertz CT molecular complexity index is 706. The number of hydrogen-bond acceptors (Lipinski definition) is 3. The van der Waals surface area contributed by atoms with E-state index in [4.69, 9.17) is 21.6 Å². The molecule has 1 aromatic heterocycles. The molecule has 1 saturated heterocycles. The first kappa shape index (κ1) is 14.9. The Morgan fingerprint density at radius 2 is 1.74 bits per heavy atom. The summed E-state index contributed by atoms with van der Waals surface area (Å²) in [6, 6.07) is 7.88. The van der Waals surface area contributed by atoms with Gasteiger partial charge in [0.25, 0.3) is 0 Å². The molecule has 0 bridgehead atoms. The van der Waals surface area contributed by atoms with Gasteiger partial charge in [0.1, 0.15) is 5.82 Å². The molecule has 0 spiro atoms. The lowest BCUT2D eigenvalue weighted by molar-refractivity contribution is 0.726. The Kier molecular flexibility index (Phi) is 4.21. The van der Waals surface area contributed by atoms with Gasteiger partial charge in [0.05, 0.1) is 0 Å². The van der Waals surface area contributed by atoms with E-state index in [9.17, 15) is 0 Å². The first-order valence-electron chi connectivity index (χ1n) is 8.72. The number of hydrogen-bond donors (Lipinski definition) is 0. The van der Waals surface area contributed by atoms with E-state index in [0.717, 1.165) is 42.3 Å². The number of anilines is 1. The number of fused-ring (bicyclic) bond motifs is 1. The van der Waals surface area contributed by atoms with Gasteiger partial charge in [-0.3, -0.25) is 0 Å². The molecule has 1 aliphatic heterocycles. The summed E-state index contributed by atoms with van der Waals surface area (Å²) in [6.45, 7) is 2.25. The van der Waals surface area contributed by atoms with Crippen LogP contribution < -0.4 is 4.90 Å². The molecule has 0 N–H and O–H groups in total. The number of halogens is 1. The molecule has 1 fully saturated rings. The first-order valence-corrected chi connectivity index (χ1v) is 9.10. The van der Waals surface area contributed by atoms with E-state index in [0.29, 0.717) is 0 Å². The second-order valence-electron chi connectivity index (χ2n) is 6.56. The van der Waals surface area contributed by atoms with Crippen LogP contribution in [0.5, 0.6) is 0 Å². The van der Waals surface area contributed by atoms with Crippen LogP contribution in [0, 0.1) is 0 Å². The van der Waals surface area contributed by atoms with Crippen LogP contribution in [-0.2, 0) is 12.8 Å². The lowest BCUT2D eigenvalue weighted by Gasteiger charge is -2.24. The molecule has 0 saturated carbocycles. The summed E-state index contributed by atoms with van der Waals surface area (Å²) in [5.74, 6) is 2.01. The summed E-state index contributed by atoms with van der Waals surface area (Å²) in [7, 11) is 0. The summed E-state index contributed by atoms with van der Waals surface area (Å²) in [6.07, 6.45) is 8.61. The average Bonchev–Trinajstić information content (AvgIpc) is 2.87. The van der Waals surface area contributed by atoms with Crippen LogP contribution in [0.15, 0.2) is 24.3 Å². The third-order valence-corrected chi connectivity index (χ3v) is 5.13. The fourth-order valence-electron chi connectivity index (χ4n) is 3.71. The molecule has 2 aromatic rings. The Hall–Kier alpha value is -1.61. The first-order chi connectivity index (χ1) is 11.3. The Labute approximate surface area is 142 Å². The lowest BCUT2D eigenvalue weighted by atomic mass is 10.1. The second kappa shape index (κ2) is 6.48. The van der Waals surface area contributed by atoms with Crippen LogP contribution in [0.4, 0.5) is 5.82 Å². The van der Waals surface area contributed by atoms with Crippen LogP contribution in [0.1, 0.15) is 43.4 Å². The van der Waals surface area contributed by atoms with Crippen LogP contribution in [0.3, 0.4) is 0 Å². The number of rotatable bonds is 2. The van der Waals surface area contributed by atoms with E-state index < -0.39 is 0 Å². The van der Waals surface area contributed by atoms with Gasteiger partial charge < -0.3 is 4.90 Å². The van der Waals surface area contributed by atoms with Gasteiger partial charge in [-0.15, -0.1) is 0 Å². The number of aromatic nitrogens is 2. The zero-order chi connectivity index (χ0) is 15.6. The van der Waals surface area contributed by atoms with E-state index in [-0.39, 0.29) is 0 Å². The van der Waals surface area contributed by atoms with Gasteiger partial charge in [0, 0.05) is 34.9 Å². The average molecular weight is 328 g/mol. The molecule has 4 rings (SSSR count). The summed E-state index contributed by atoms with van der Waals surface area (Å²) < 4.78 is 0. The SMILES string of the molecule is Clc1cccc(-c2nc3c(c(N4CCCCCC4)n2)CCC3)c1. The molecule has 0 atom stereocenters. The molecular formula is C19H22ClN3. The van der Waals surface area contributed by atoms with Crippen molar-refractivity contribution in [2.45, 2.75) is 44.9 Å². The molecule has 0 unspecified atom stereocenters. The number of nitrogens with zero attached hydrogens (tertiary/aromatic N) is 3. The van der Waals surface area contributed by atoms with Gasteiger partial charge in [0.15, 0.2) is 5.82 Å².